The summed E-state index contributed by atoms with van der Waals surface area (Å²) >= 11 is 5.74. The van der Waals surface area contributed by atoms with E-state index in [1.807, 2.05) is 4.57 Å². The molecule has 0 radical (unpaired) electrons. The number of carbonyl (C=O) groups excluding carboxylic acids is 1. The average Bonchev–Trinajstić information content (AvgIpc) is 2.84. The lowest BCUT2D eigenvalue weighted by atomic mass is 10.2. The summed E-state index contributed by atoms with van der Waals surface area (Å²) in [6.07, 6.45) is 4.52. The number of nitrogens with zero attached hydrogens (tertiary/aromatic N) is 3. The second-order valence-corrected chi connectivity index (χ2v) is 4.66. The van der Waals surface area contributed by atoms with Gasteiger partial charge in [0.1, 0.15) is 5.38 Å². The first-order valence-corrected chi connectivity index (χ1v) is 5.61. The van der Waals surface area contributed by atoms with Crippen molar-refractivity contribution in [2.24, 2.45) is 0 Å². The van der Waals surface area contributed by atoms with Gasteiger partial charge in [0.05, 0.1) is 18.5 Å². The van der Waals surface area contributed by atoms with E-state index in [2.05, 4.69) is 4.98 Å². The molecule has 0 unspecified atom stereocenters. The number of halogens is 1. The van der Waals surface area contributed by atoms with Crippen LogP contribution in [0.1, 0.15) is 13.0 Å². The van der Waals surface area contributed by atoms with Gasteiger partial charge in [0, 0.05) is 25.5 Å². The van der Waals surface area contributed by atoms with E-state index in [-0.39, 0.29) is 11.9 Å². The standard InChI is InChI=1S/C10H14ClN3O2/c1-7(11)10(16)14-4-8(9(15)5-14)13-3-2-12-6-13/h2-3,6-9,15H,4-5H2,1H3/t7-,8-,9-/m0/s1. The van der Waals surface area contributed by atoms with Crippen molar-refractivity contribution in [1.82, 2.24) is 14.5 Å². The van der Waals surface area contributed by atoms with Crippen LogP contribution in [0, 0.1) is 0 Å². The number of rotatable bonds is 2. The highest BCUT2D eigenvalue weighted by Gasteiger charge is 2.35. The van der Waals surface area contributed by atoms with Crippen LogP contribution in [-0.2, 0) is 4.79 Å². The Morgan fingerprint density at radius 2 is 2.38 bits per heavy atom. The molecule has 1 saturated heterocycles. The van der Waals surface area contributed by atoms with E-state index in [1.165, 1.54) is 0 Å². The molecule has 5 nitrogen and oxygen atoms in total. The molecule has 6 heteroatoms. The fraction of sp³-hybridized carbons (Fsp3) is 0.600. The number of aromatic nitrogens is 2. The maximum atomic E-state index is 11.7. The molecule has 1 aliphatic heterocycles. The third kappa shape index (κ3) is 2.05. The number of alkyl halides is 1. The molecule has 1 aromatic rings. The largest absolute Gasteiger partial charge is 0.389 e. The van der Waals surface area contributed by atoms with Crippen molar-refractivity contribution in [2.45, 2.75) is 24.4 Å². The zero-order valence-electron chi connectivity index (χ0n) is 8.95. The molecule has 88 valence electrons. The smallest absolute Gasteiger partial charge is 0.240 e. The second kappa shape index (κ2) is 4.43. The predicted octanol–water partition coefficient (Wildman–Crippen LogP) is 0.255. The SMILES string of the molecule is C[C@H](Cl)C(=O)N1C[C@H](O)[C@@H](n2ccnc2)C1. The molecule has 0 spiro atoms. The van der Waals surface area contributed by atoms with E-state index < -0.39 is 11.5 Å². The Bertz CT molecular complexity index is 366. The Hall–Kier alpha value is -1.07. The fourth-order valence-electron chi connectivity index (χ4n) is 1.96. The Balaban J connectivity index is 2.08. The molecule has 16 heavy (non-hydrogen) atoms. The van der Waals surface area contributed by atoms with Gasteiger partial charge >= 0.3 is 0 Å². The summed E-state index contributed by atoms with van der Waals surface area (Å²) in [4.78, 5) is 17.2. The highest BCUT2D eigenvalue weighted by molar-refractivity contribution is 6.30. The van der Waals surface area contributed by atoms with Crippen LogP contribution in [-0.4, -0.2) is 50.0 Å². The lowest BCUT2D eigenvalue weighted by Gasteiger charge is -2.17. The van der Waals surface area contributed by atoms with Crippen molar-refractivity contribution in [3.8, 4) is 0 Å². The van der Waals surface area contributed by atoms with Gasteiger partial charge in [-0.3, -0.25) is 4.79 Å². The summed E-state index contributed by atoms with van der Waals surface area (Å²) in [7, 11) is 0. The van der Waals surface area contributed by atoms with E-state index >= 15 is 0 Å². The van der Waals surface area contributed by atoms with Crippen LogP contribution in [0.3, 0.4) is 0 Å². The molecule has 1 aromatic heterocycles. The van der Waals surface area contributed by atoms with Gasteiger partial charge in [-0.05, 0) is 6.92 Å². The van der Waals surface area contributed by atoms with Gasteiger partial charge in [0.15, 0.2) is 0 Å². The third-order valence-corrected chi connectivity index (χ3v) is 3.01. The fourth-order valence-corrected chi connectivity index (χ4v) is 2.10. The zero-order valence-corrected chi connectivity index (χ0v) is 9.71. The van der Waals surface area contributed by atoms with Crippen molar-refractivity contribution in [3.05, 3.63) is 18.7 Å². The van der Waals surface area contributed by atoms with Crippen LogP contribution in [0.15, 0.2) is 18.7 Å². The van der Waals surface area contributed by atoms with Crippen LogP contribution >= 0.6 is 11.6 Å². The predicted molar refractivity (Wildman–Crippen MR) is 59.2 cm³/mol. The summed E-state index contributed by atoms with van der Waals surface area (Å²) in [5.74, 6) is -0.136. The number of hydrogen-bond donors (Lipinski definition) is 1. The quantitative estimate of drug-likeness (QED) is 0.758. The number of likely N-dealkylation sites (tertiary alicyclic amines) is 1. The molecule has 0 bridgehead atoms. The van der Waals surface area contributed by atoms with Gasteiger partial charge in [0.25, 0.3) is 0 Å². The molecule has 0 aromatic carbocycles. The third-order valence-electron chi connectivity index (χ3n) is 2.82. The first-order valence-electron chi connectivity index (χ1n) is 5.18. The lowest BCUT2D eigenvalue weighted by molar-refractivity contribution is -0.129. The number of hydrogen-bond acceptors (Lipinski definition) is 3. The summed E-state index contributed by atoms with van der Waals surface area (Å²) in [6, 6.07) is -0.123. The van der Waals surface area contributed by atoms with E-state index in [0.29, 0.717) is 13.1 Å². The topological polar surface area (TPSA) is 58.4 Å². The first-order chi connectivity index (χ1) is 7.59. The molecule has 2 heterocycles. The number of aliphatic hydroxyl groups excluding tert-OH is 1. The van der Waals surface area contributed by atoms with E-state index in [4.69, 9.17) is 11.6 Å². The number of β-amino-alcohol motifs (C(OH)–C–C–N with tert-alkyl or cyclic N) is 1. The average molecular weight is 244 g/mol. The minimum atomic E-state index is -0.562. The Morgan fingerprint density at radius 1 is 1.62 bits per heavy atom. The van der Waals surface area contributed by atoms with Crippen molar-refractivity contribution in [2.75, 3.05) is 13.1 Å². The maximum absolute atomic E-state index is 11.7. The highest BCUT2D eigenvalue weighted by atomic mass is 35.5. The first kappa shape index (κ1) is 11.4. The van der Waals surface area contributed by atoms with Crippen molar-refractivity contribution >= 4 is 17.5 Å². The van der Waals surface area contributed by atoms with Gasteiger partial charge < -0.3 is 14.6 Å². The summed E-state index contributed by atoms with van der Waals surface area (Å²) in [5.41, 5.74) is 0. The van der Waals surface area contributed by atoms with Crippen LogP contribution < -0.4 is 0 Å². The highest BCUT2D eigenvalue weighted by Crippen LogP contribution is 2.23. The summed E-state index contributed by atoms with van der Waals surface area (Å²) in [6.45, 7) is 2.45. The number of amides is 1. The van der Waals surface area contributed by atoms with Crippen molar-refractivity contribution in [3.63, 3.8) is 0 Å². The van der Waals surface area contributed by atoms with Crippen LogP contribution in [0.5, 0.6) is 0 Å². The molecule has 2 rings (SSSR count). The van der Waals surface area contributed by atoms with Crippen LogP contribution in [0.2, 0.25) is 0 Å². The van der Waals surface area contributed by atoms with Gasteiger partial charge in [0.2, 0.25) is 5.91 Å². The molecule has 1 aliphatic rings. The molecule has 1 amide bonds. The molecule has 0 aliphatic carbocycles. The molecule has 1 N–H and O–H groups in total. The lowest BCUT2D eigenvalue weighted by Crippen LogP contribution is -2.34. The van der Waals surface area contributed by atoms with Crippen LogP contribution in [0.4, 0.5) is 0 Å². The maximum Gasteiger partial charge on any atom is 0.240 e. The molecular formula is C10H14ClN3O2. The molecule has 1 fully saturated rings. The molecular weight excluding hydrogens is 230 g/mol. The van der Waals surface area contributed by atoms with Gasteiger partial charge in [-0.15, -0.1) is 11.6 Å². The van der Waals surface area contributed by atoms with Gasteiger partial charge in [-0.1, -0.05) is 0 Å². The summed E-state index contributed by atoms with van der Waals surface area (Å²) in [5, 5.41) is 9.33. The number of imidazole rings is 1. The Kier molecular flexibility index (Phi) is 3.16. The normalized spacial score (nSPS) is 27.1. The Morgan fingerprint density at radius 3 is 2.94 bits per heavy atom. The monoisotopic (exact) mass is 243 g/mol. The second-order valence-electron chi connectivity index (χ2n) is 4.00. The molecule has 3 atom stereocenters. The van der Waals surface area contributed by atoms with Crippen molar-refractivity contribution < 1.29 is 9.90 Å². The zero-order chi connectivity index (χ0) is 11.7. The number of carbonyl (C=O) groups is 1. The van der Waals surface area contributed by atoms with E-state index in [0.717, 1.165) is 0 Å². The Labute approximate surface area is 98.6 Å². The van der Waals surface area contributed by atoms with E-state index in [1.54, 1.807) is 30.5 Å². The number of aliphatic hydroxyl groups is 1. The minimum absolute atomic E-state index is 0.123. The van der Waals surface area contributed by atoms with Crippen LogP contribution in [0.25, 0.3) is 0 Å². The van der Waals surface area contributed by atoms with Crippen molar-refractivity contribution in [1.29, 1.82) is 0 Å². The van der Waals surface area contributed by atoms with Gasteiger partial charge in [-0.2, -0.15) is 0 Å². The van der Waals surface area contributed by atoms with Gasteiger partial charge in [-0.25, -0.2) is 4.98 Å². The molecule has 0 saturated carbocycles. The summed E-state index contributed by atoms with van der Waals surface area (Å²) < 4.78 is 1.82. The van der Waals surface area contributed by atoms with E-state index in [9.17, 15) is 9.90 Å². The minimum Gasteiger partial charge on any atom is -0.389 e.